The van der Waals surface area contributed by atoms with E-state index >= 15 is 0 Å². The van der Waals surface area contributed by atoms with Gasteiger partial charge in [-0.2, -0.15) is 14.0 Å². The van der Waals surface area contributed by atoms with Crippen LogP contribution in [0.5, 0.6) is 5.75 Å². The third-order valence-electron chi connectivity index (χ3n) is 2.99. The van der Waals surface area contributed by atoms with Crippen molar-refractivity contribution in [2.75, 3.05) is 4.90 Å². The highest BCUT2D eigenvalue weighted by Crippen LogP contribution is 2.30. The van der Waals surface area contributed by atoms with Gasteiger partial charge in [0.15, 0.2) is 5.69 Å². The Morgan fingerprint density at radius 2 is 2.00 bits per heavy atom. The zero-order valence-electron chi connectivity index (χ0n) is 12.5. The van der Waals surface area contributed by atoms with E-state index in [1.165, 1.54) is 42.3 Å². The number of nitrogens with zero attached hydrogens (tertiary/aromatic N) is 3. The largest absolute Gasteiger partial charge is 0.435 e. The zero-order chi connectivity index (χ0) is 17.0. The molecule has 0 aliphatic carbocycles. The van der Waals surface area contributed by atoms with Crippen LogP contribution in [0.25, 0.3) is 0 Å². The molecule has 118 valence electrons. The van der Waals surface area contributed by atoms with Crippen LogP contribution >= 0.6 is 0 Å². The molecule has 23 heavy (non-hydrogen) atoms. The summed E-state index contributed by atoms with van der Waals surface area (Å²) in [5.41, 5.74) is 1.63. The summed E-state index contributed by atoms with van der Waals surface area (Å²) in [6.45, 7) is 0.207. The molecule has 0 saturated carbocycles. The van der Waals surface area contributed by atoms with E-state index in [9.17, 15) is 18.8 Å². The molecule has 0 bridgehead atoms. The maximum atomic E-state index is 12.2. The normalized spacial score (nSPS) is 10.3. The van der Waals surface area contributed by atoms with Crippen LogP contribution < -0.4 is 9.64 Å². The quantitative estimate of drug-likeness (QED) is 0.865. The summed E-state index contributed by atoms with van der Waals surface area (Å²) in [6.07, 6.45) is 1.53. The summed E-state index contributed by atoms with van der Waals surface area (Å²) in [5.74, 6) is -0.355. The van der Waals surface area contributed by atoms with E-state index in [1.807, 2.05) is 6.07 Å². The first-order valence-corrected chi connectivity index (χ1v) is 6.64. The van der Waals surface area contributed by atoms with Crippen LogP contribution in [0.15, 0.2) is 36.5 Å². The number of pyridine rings is 1. The Balaban J connectivity index is 2.46. The first kappa shape index (κ1) is 16.4. The average molecular weight is 317 g/mol. The van der Waals surface area contributed by atoms with E-state index in [0.717, 1.165) is 5.56 Å². The molecule has 0 atom stereocenters. The van der Waals surface area contributed by atoms with Gasteiger partial charge in [0.2, 0.25) is 5.91 Å². The third kappa shape index (κ3) is 3.80. The van der Waals surface area contributed by atoms with Gasteiger partial charge in [0.1, 0.15) is 11.8 Å². The summed E-state index contributed by atoms with van der Waals surface area (Å²) in [4.78, 5) is 17.3. The minimum absolute atomic E-state index is 0.0184. The predicted octanol–water partition coefficient (Wildman–Crippen LogP) is 3.55. The van der Waals surface area contributed by atoms with Crippen LogP contribution in [-0.2, 0) is 4.79 Å². The van der Waals surface area contributed by atoms with Crippen LogP contribution in [-0.4, -0.2) is 17.5 Å². The van der Waals surface area contributed by atoms with Gasteiger partial charge in [0.25, 0.3) is 0 Å². The molecule has 0 aliphatic heterocycles. The minimum Gasteiger partial charge on any atom is -0.435 e. The Hall–Kier alpha value is -3.01. The van der Waals surface area contributed by atoms with Crippen molar-refractivity contribution in [2.45, 2.75) is 20.5 Å². The molecular weight excluding hydrogens is 304 g/mol. The van der Waals surface area contributed by atoms with Gasteiger partial charge in [-0.1, -0.05) is 0 Å². The van der Waals surface area contributed by atoms with Crippen molar-refractivity contribution in [1.29, 1.82) is 5.26 Å². The number of alkyl halides is 2. The van der Waals surface area contributed by atoms with Crippen LogP contribution in [0, 0.1) is 18.3 Å². The topological polar surface area (TPSA) is 66.2 Å². The number of aromatic nitrogens is 1. The second-order valence-corrected chi connectivity index (χ2v) is 4.72. The molecule has 0 fully saturated rings. The van der Waals surface area contributed by atoms with Crippen molar-refractivity contribution >= 4 is 17.3 Å². The maximum Gasteiger partial charge on any atom is 0.387 e. The number of hydrogen-bond donors (Lipinski definition) is 0. The number of halogens is 2. The van der Waals surface area contributed by atoms with Crippen molar-refractivity contribution in [2.24, 2.45) is 0 Å². The predicted molar refractivity (Wildman–Crippen MR) is 79.6 cm³/mol. The lowest BCUT2D eigenvalue weighted by Gasteiger charge is -2.22. The number of ether oxygens (including phenoxy) is 1. The highest BCUT2D eigenvalue weighted by molar-refractivity contribution is 6.00. The van der Waals surface area contributed by atoms with Crippen molar-refractivity contribution < 1.29 is 18.3 Å². The van der Waals surface area contributed by atoms with Crippen LogP contribution in [0.4, 0.5) is 20.2 Å². The van der Waals surface area contributed by atoms with Crippen LogP contribution in [0.2, 0.25) is 0 Å². The van der Waals surface area contributed by atoms with Crippen molar-refractivity contribution in [3.05, 3.63) is 47.8 Å². The van der Waals surface area contributed by atoms with Gasteiger partial charge >= 0.3 is 6.61 Å². The number of aryl methyl sites for hydroxylation is 1. The summed E-state index contributed by atoms with van der Waals surface area (Å²) in [6, 6.07) is 9.17. The molecule has 0 N–H and O–H groups in total. The maximum absolute atomic E-state index is 12.2. The van der Waals surface area contributed by atoms with E-state index in [1.54, 1.807) is 13.0 Å². The van der Waals surface area contributed by atoms with Gasteiger partial charge in [-0.05, 0) is 42.8 Å². The summed E-state index contributed by atoms with van der Waals surface area (Å²) >= 11 is 0. The number of amides is 1. The molecule has 1 amide bonds. The molecule has 1 aromatic carbocycles. The Bertz CT molecular complexity index is 755. The van der Waals surface area contributed by atoms with E-state index in [-0.39, 0.29) is 17.4 Å². The second kappa shape index (κ2) is 6.83. The molecular formula is C16H13F2N3O2. The molecule has 2 rings (SSSR count). The number of carbonyl (C=O) groups excluding carboxylic acids is 1. The fourth-order valence-corrected chi connectivity index (χ4v) is 2.08. The van der Waals surface area contributed by atoms with E-state index in [4.69, 9.17) is 0 Å². The van der Waals surface area contributed by atoms with Gasteiger partial charge in [0.05, 0.1) is 5.69 Å². The lowest BCUT2D eigenvalue weighted by atomic mass is 10.2. The highest BCUT2D eigenvalue weighted by atomic mass is 19.3. The molecule has 2 aromatic rings. The lowest BCUT2D eigenvalue weighted by molar-refractivity contribution is -0.115. The Morgan fingerprint density at radius 1 is 1.35 bits per heavy atom. The SMILES string of the molecule is CC(=O)N(c1ccc(OC(F)F)cc1)c1cc(C)cnc1C#N. The van der Waals surface area contributed by atoms with Gasteiger partial charge in [-0.3, -0.25) is 9.69 Å². The summed E-state index contributed by atoms with van der Waals surface area (Å²) in [5, 5.41) is 9.18. The first-order chi connectivity index (χ1) is 10.9. The summed E-state index contributed by atoms with van der Waals surface area (Å²) < 4.78 is 28.6. The van der Waals surface area contributed by atoms with Gasteiger partial charge in [-0.25, -0.2) is 4.98 Å². The molecule has 0 aliphatic rings. The number of rotatable bonds is 4. The molecule has 1 heterocycles. The highest BCUT2D eigenvalue weighted by Gasteiger charge is 2.19. The Kier molecular flexibility index (Phi) is 4.86. The molecule has 7 heteroatoms. The van der Waals surface area contributed by atoms with Crippen LogP contribution in [0.1, 0.15) is 18.2 Å². The lowest BCUT2D eigenvalue weighted by Crippen LogP contribution is -2.24. The number of hydrogen-bond acceptors (Lipinski definition) is 4. The Labute approximate surface area is 131 Å². The van der Waals surface area contributed by atoms with E-state index in [0.29, 0.717) is 11.4 Å². The molecule has 0 unspecified atom stereocenters. The molecule has 5 nitrogen and oxygen atoms in total. The number of carbonyl (C=O) groups is 1. The average Bonchev–Trinajstić information content (AvgIpc) is 2.48. The van der Waals surface area contributed by atoms with Gasteiger partial charge in [-0.15, -0.1) is 0 Å². The minimum atomic E-state index is -2.92. The number of anilines is 2. The van der Waals surface area contributed by atoms with Crippen molar-refractivity contribution in [3.8, 4) is 11.8 Å². The molecule has 1 aromatic heterocycles. The standard InChI is InChI=1S/C16H13F2N3O2/c1-10-7-15(14(8-19)20-9-10)21(11(2)22)12-3-5-13(6-4-12)23-16(17)18/h3-7,9,16H,1-2H3. The molecule has 0 saturated heterocycles. The summed E-state index contributed by atoms with van der Waals surface area (Å²) in [7, 11) is 0. The third-order valence-corrected chi connectivity index (χ3v) is 2.99. The fourth-order valence-electron chi connectivity index (χ4n) is 2.08. The van der Waals surface area contributed by atoms with Gasteiger partial charge < -0.3 is 4.74 Å². The zero-order valence-corrected chi connectivity index (χ0v) is 12.5. The smallest absolute Gasteiger partial charge is 0.387 e. The monoisotopic (exact) mass is 317 g/mol. The Morgan fingerprint density at radius 3 is 2.52 bits per heavy atom. The van der Waals surface area contributed by atoms with Crippen molar-refractivity contribution in [3.63, 3.8) is 0 Å². The van der Waals surface area contributed by atoms with E-state index < -0.39 is 6.61 Å². The van der Waals surface area contributed by atoms with Crippen LogP contribution in [0.3, 0.4) is 0 Å². The van der Waals surface area contributed by atoms with E-state index in [2.05, 4.69) is 9.72 Å². The number of benzene rings is 1. The second-order valence-electron chi connectivity index (χ2n) is 4.72. The number of nitriles is 1. The first-order valence-electron chi connectivity index (χ1n) is 6.64. The fraction of sp³-hybridized carbons (Fsp3) is 0.188. The molecule has 0 radical (unpaired) electrons. The molecule has 0 spiro atoms. The van der Waals surface area contributed by atoms with Crippen molar-refractivity contribution in [1.82, 2.24) is 4.98 Å². The van der Waals surface area contributed by atoms with Gasteiger partial charge in [0, 0.05) is 18.8 Å².